The molecule has 0 fully saturated rings. The molecule has 0 spiro atoms. The summed E-state index contributed by atoms with van der Waals surface area (Å²) in [5.74, 6) is -1.24. The van der Waals surface area contributed by atoms with E-state index in [-0.39, 0.29) is 12.8 Å². The Morgan fingerprint density at radius 3 is 2.12 bits per heavy atom. The third-order valence-corrected chi connectivity index (χ3v) is 3.79. The molecule has 1 rings (SSSR count). The van der Waals surface area contributed by atoms with Gasteiger partial charge < -0.3 is 19.1 Å². The van der Waals surface area contributed by atoms with Crippen molar-refractivity contribution in [1.29, 1.82) is 0 Å². The van der Waals surface area contributed by atoms with Crippen molar-refractivity contribution < 1.29 is 28.6 Å². The number of esters is 2. The average molecular weight is 341 g/mol. The minimum atomic E-state index is -1.37. The third kappa shape index (κ3) is 4.97. The number of ether oxygens (including phenoxy) is 3. The van der Waals surface area contributed by atoms with Gasteiger partial charge in [0.25, 0.3) is 0 Å². The van der Waals surface area contributed by atoms with Crippen molar-refractivity contribution in [3.05, 3.63) is 12.2 Å². The first kappa shape index (κ1) is 20.0. The highest BCUT2D eigenvalue weighted by atomic mass is 16.6. The molecule has 0 aromatic rings. The van der Waals surface area contributed by atoms with Gasteiger partial charge in [-0.2, -0.15) is 0 Å². The van der Waals surface area contributed by atoms with Crippen LogP contribution in [0.5, 0.6) is 0 Å². The first-order valence-electron chi connectivity index (χ1n) is 7.96. The normalized spacial score (nSPS) is 19.3. The van der Waals surface area contributed by atoms with E-state index in [1.165, 1.54) is 14.2 Å². The molecule has 0 aliphatic carbocycles. The van der Waals surface area contributed by atoms with Crippen LogP contribution < -0.4 is 0 Å². The Bertz CT molecular complexity index is 490. The van der Waals surface area contributed by atoms with Gasteiger partial charge in [0.1, 0.15) is 5.60 Å². The topological polar surface area (TPSA) is 82.1 Å². The molecule has 0 atom stereocenters. The Hall–Kier alpha value is -2.05. The van der Waals surface area contributed by atoms with Gasteiger partial charge in [-0.05, 0) is 40.0 Å². The van der Waals surface area contributed by atoms with E-state index >= 15 is 0 Å². The average Bonchev–Trinajstić information content (AvgIpc) is 2.62. The van der Waals surface area contributed by atoms with Gasteiger partial charge in [0.2, 0.25) is 0 Å². The zero-order chi connectivity index (χ0) is 18.4. The second-order valence-corrected chi connectivity index (χ2v) is 6.77. The molecule has 1 aliphatic rings. The summed E-state index contributed by atoms with van der Waals surface area (Å²) in [5, 5.41) is 0. The fraction of sp³-hybridized carbons (Fsp3) is 0.706. The third-order valence-electron chi connectivity index (χ3n) is 3.79. The predicted octanol–water partition coefficient (Wildman–Crippen LogP) is 2.30. The minimum Gasteiger partial charge on any atom is -0.468 e. The number of methoxy groups -OCH3 is 2. The maximum atomic E-state index is 12.2. The van der Waals surface area contributed by atoms with Crippen molar-refractivity contribution >= 4 is 18.0 Å². The summed E-state index contributed by atoms with van der Waals surface area (Å²) < 4.78 is 15.0. The number of nitrogens with zero attached hydrogens (tertiary/aromatic N) is 1. The SMILES string of the molecule is COC(=O)C1(C(=O)OC)C/C=C\CN(C(=O)OC(C)(C)C)CCC1. The zero-order valence-corrected chi connectivity index (χ0v) is 15.1. The molecular weight excluding hydrogens is 314 g/mol. The van der Waals surface area contributed by atoms with E-state index in [0.717, 1.165) is 0 Å². The minimum absolute atomic E-state index is 0.175. The molecule has 0 saturated carbocycles. The van der Waals surface area contributed by atoms with Crippen LogP contribution in [0.15, 0.2) is 12.2 Å². The van der Waals surface area contributed by atoms with E-state index in [9.17, 15) is 14.4 Å². The fourth-order valence-corrected chi connectivity index (χ4v) is 2.59. The number of hydrogen-bond acceptors (Lipinski definition) is 6. The maximum absolute atomic E-state index is 12.2. The summed E-state index contributed by atoms with van der Waals surface area (Å²) >= 11 is 0. The summed E-state index contributed by atoms with van der Waals surface area (Å²) in [4.78, 5) is 38.2. The number of carbonyl (C=O) groups is 3. The summed E-state index contributed by atoms with van der Waals surface area (Å²) in [7, 11) is 2.49. The molecule has 0 N–H and O–H groups in total. The Labute approximate surface area is 142 Å². The quantitative estimate of drug-likeness (QED) is 0.332. The molecule has 24 heavy (non-hydrogen) atoms. The van der Waals surface area contributed by atoms with Crippen molar-refractivity contribution in [1.82, 2.24) is 4.90 Å². The van der Waals surface area contributed by atoms with Gasteiger partial charge in [-0.25, -0.2) is 4.79 Å². The van der Waals surface area contributed by atoms with Gasteiger partial charge in [0, 0.05) is 13.1 Å². The number of allylic oxidation sites excluding steroid dienone is 1. The first-order valence-corrected chi connectivity index (χ1v) is 7.96. The lowest BCUT2D eigenvalue weighted by Gasteiger charge is -2.28. The Morgan fingerprint density at radius 1 is 1.04 bits per heavy atom. The van der Waals surface area contributed by atoms with Crippen LogP contribution in [0.25, 0.3) is 0 Å². The van der Waals surface area contributed by atoms with E-state index in [4.69, 9.17) is 14.2 Å². The van der Waals surface area contributed by atoms with Crippen LogP contribution in [0.2, 0.25) is 0 Å². The van der Waals surface area contributed by atoms with Gasteiger partial charge in [-0.1, -0.05) is 12.2 Å². The number of carbonyl (C=O) groups excluding carboxylic acids is 3. The van der Waals surface area contributed by atoms with Crippen LogP contribution in [-0.4, -0.2) is 55.8 Å². The van der Waals surface area contributed by atoms with Crippen LogP contribution in [-0.2, 0) is 23.8 Å². The molecule has 0 unspecified atom stereocenters. The molecule has 0 aromatic carbocycles. The zero-order valence-electron chi connectivity index (χ0n) is 15.1. The summed E-state index contributed by atoms with van der Waals surface area (Å²) in [5.41, 5.74) is -1.95. The molecule has 0 radical (unpaired) electrons. The van der Waals surface area contributed by atoms with E-state index in [0.29, 0.717) is 19.5 Å². The van der Waals surface area contributed by atoms with Crippen LogP contribution in [0, 0.1) is 5.41 Å². The van der Waals surface area contributed by atoms with Crippen molar-refractivity contribution in [3.8, 4) is 0 Å². The standard InChI is InChI=1S/C17H27NO6/c1-16(2,3)24-15(21)18-11-7-6-9-17(10-8-12-18,13(19)22-4)14(20)23-5/h6-7H,8-12H2,1-5H3/b7-6-. The van der Waals surface area contributed by atoms with Crippen LogP contribution in [0.1, 0.15) is 40.0 Å². The van der Waals surface area contributed by atoms with Gasteiger partial charge in [-0.15, -0.1) is 0 Å². The lowest BCUT2D eigenvalue weighted by molar-refractivity contribution is -0.169. The van der Waals surface area contributed by atoms with Crippen LogP contribution in [0.4, 0.5) is 4.79 Å². The van der Waals surface area contributed by atoms with Crippen molar-refractivity contribution in [3.63, 3.8) is 0 Å². The van der Waals surface area contributed by atoms with Crippen LogP contribution >= 0.6 is 0 Å². The second-order valence-electron chi connectivity index (χ2n) is 6.77. The van der Waals surface area contributed by atoms with Crippen molar-refractivity contribution in [2.45, 2.75) is 45.6 Å². The lowest BCUT2D eigenvalue weighted by Crippen LogP contribution is -2.42. The molecule has 7 nitrogen and oxygen atoms in total. The molecule has 7 heteroatoms. The molecule has 1 amide bonds. The summed E-state index contributed by atoms with van der Waals surface area (Å²) in [6.45, 7) is 6.13. The first-order chi connectivity index (χ1) is 11.2. The molecule has 0 aromatic heterocycles. The van der Waals surface area contributed by atoms with Crippen molar-refractivity contribution in [2.75, 3.05) is 27.3 Å². The Balaban J connectivity index is 2.92. The fourth-order valence-electron chi connectivity index (χ4n) is 2.59. The van der Waals surface area contributed by atoms with E-state index < -0.39 is 29.0 Å². The lowest BCUT2D eigenvalue weighted by atomic mass is 9.80. The summed E-state index contributed by atoms with van der Waals surface area (Å²) in [6, 6.07) is 0. The van der Waals surface area contributed by atoms with Gasteiger partial charge in [0.05, 0.1) is 14.2 Å². The predicted molar refractivity (Wildman–Crippen MR) is 87.3 cm³/mol. The highest BCUT2D eigenvalue weighted by Gasteiger charge is 2.47. The van der Waals surface area contributed by atoms with E-state index in [2.05, 4.69) is 0 Å². The number of hydrogen-bond donors (Lipinski definition) is 0. The van der Waals surface area contributed by atoms with Gasteiger partial charge >= 0.3 is 18.0 Å². The number of rotatable bonds is 2. The van der Waals surface area contributed by atoms with Crippen molar-refractivity contribution in [2.24, 2.45) is 5.41 Å². The smallest absolute Gasteiger partial charge is 0.410 e. The van der Waals surface area contributed by atoms with Gasteiger partial charge in [-0.3, -0.25) is 9.59 Å². The maximum Gasteiger partial charge on any atom is 0.410 e. The molecule has 0 bridgehead atoms. The molecule has 1 heterocycles. The highest BCUT2D eigenvalue weighted by Crippen LogP contribution is 2.33. The van der Waals surface area contributed by atoms with Gasteiger partial charge in [0.15, 0.2) is 5.41 Å². The second kappa shape index (κ2) is 8.17. The Morgan fingerprint density at radius 2 is 1.62 bits per heavy atom. The van der Waals surface area contributed by atoms with Crippen LogP contribution in [0.3, 0.4) is 0 Å². The summed E-state index contributed by atoms with van der Waals surface area (Å²) in [6.07, 6.45) is 3.89. The molecular formula is C17H27NO6. The van der Waals surface area contributed by atoms with E-state index in [1.54, 1.807) is 37.8 Å². The Kier molecular flexibility index (Phi) is 6.81. The molecule has 0 saturated heterocycles. The monoisotopic (exact) mass is 341 g/mol. The highest BCUT2D eigenvalue weighted by molar-refractivity contribution is 6.00. The van der Waals surface area contributed by atoms with E-state index in [1.807, 2.05) is 0 Å². The number of amides is 1. The molecule has 1 aliphatic heterocycles. The molecule has 136 valence electrons. The largest absolute Gasteiger partial charge is 0.468 e.